The van der Waals surface area contributed by atoms with Gasteiger partial charge in [0.15, 0.2) is 6.61 Å². The number of thiophene rings is 1. The fourth-order valence-electron chi connectivity index (χ4n) is 1.84. The van der Waals surface area contributed by atoms with E-state index in [9.17, 15) is 4.79 Å². The summed E-state index contributed by atoms with van der Waals surface area (Å²) in [5, 5.41) is 1.89. The molecule has 2 aromatic rings. The van der Waals surface area contributed by atoms with Crippen molar-refractivity contribution < 1.29 is 9.53 Å². The SMILES string of the molecule is CCCCc1ccc(OCC(=O)c2sccc2Br)cc1. The van der Waals surface area contributed by atoms with E-state index in [0.717, 1.165) is 16.6 Å². The maximum absolute atomic E-state index is 12.0. The smallest absolute Gasteiger partial charge is 0.211 e. The Bertz CT molecular complexity index is 560. The predicted octanol–water partition coefficient (Wildman–Crippen LogP) is 5.11. The summed E-state index contributed by atoms with van der Waals surface area (Å²) in [7, 11) is 0. The van der Waals surface area contributed by atoms with E-state index in [0.29, 0.717) is 4.88 Å². The van der Waals surface area contributed by atoms with E-state index in [1.54, 1.807) is 0 Å². The first kappa shape index (κ1) is 15.3. The summed E-state index contributed by atoms with van der Waals surface area (Å²) < 4.78 is 6.38. The molecule has 0 spiro atoms. The van der Waals surface area contributed by atoms with Crippen molar-refractivity contribution in [2.45, 2.75) is 26.2 Å². The second-order valence-corrected chi connectivity index (χ2v) is 6.33. The second-order valence-electron chi connectivity index (χ2n) is 4.56. The number of benzene rings is 1. The van der Waals surface area contributed by atoms with E-state index in [2.05, 4.69) is 35.0 Å². The third-order valence-corrected chi connectivity index (χ3v) is 4.86. The predicted molar refractivity (Wildman–Crippen MR) is 86.9 cm³/mol. The lowest BCUT2D eigenvalue weighted by atomic mass is 10.1. The molecule has 2 nitrogen and oxygen atoms in total. The van der Waals surface area contributed by atoms with Crippen molar-refractivity contribution in [1.29, 1.82) is 0 Å². The highest BCUT2D eigenvalue weighted by Gasteiger charge is 2.12. The van der Waals surface area contributed by atoms with Crippen molar-refractivity contribution >= 4 is 33.0 Å². The number of hydrogen-bond donors (Lipinski definition) is 0. The lowest BCUT2D eigenvalue weighted by molar-refractivity contribution is 0.0925. The lowest BCUT2D eigenvalue weighted by Gasteiger charge is -2.06. The summed E-state index contributed by atoms with van der Waals surface area (Å²) >= 11 is 4.79. The second kappa shape index (κ2) is 7.60. The van der Waals surface area contributed by atoms with Crippen LogP contribution in [0.1, 0.15) is 35.0 Å². The van der Waals surface area contributed by atoms with Crippen LogP contribution in [0.5, 0.6) is 5.75 Å². The van der Waals surface area contributed by atoms with Crippen molar-refractivity contribution in [3.63, 3.8) is 0 Å². The number of unbranched alkanes of at least 4 members (excludes halogenated alkanes) is 1. The Morgan fingerprint density at radius 3 is 2.60 bits per heavy atom. The van der Waals surface area contributed by atoms with Crippen LogP contribution in [0.3, 0.4) is 0 Å². The molecule has 0 saturated carbocycles. The largest absolute Gasteiger partial charge is 0.485 e. The van der Waals surface area contributed by atoms with Crippen LogP contribution < -0.4 is 4.74 Å². The van der Waals surface area contributed by atoms with E-state index in [-0.39, 0.29) is 12.4 Å². The molecule has 0 unspecified atom stereocenters. The van der Waals surface area contributed by atoms with E-state index < -0.39 is 0 Å². The Labute approximate surface area is 131 Å². The summed E-state index contributed by atoms with van der Waals surface area (Å²) in [6.07, 6.45) is 3.49. The maximum Gasteiger partial charge on any atom is 0.211 e. The lowest BCUT2D eigenvalue weighted by Crippen LogP contribution is -2.10. The maximum atomic E-state index is 12.0. The van der Waals surface area contributed by atoms with Gasteiger partial charge >= 0.3 is 0 Å². The molecule has 1 heterocycles. The highest BCUT2D eigenvalue weighted by atomic mass is 79.9. The van der Waals surface area contributed by atoms with Gasteiger partial charge in [0.1, 0.15) is 5.75 Å². The summed E-state index contributed by atoms with van der Waals surface area (Å²) in [4.78, 5) is 12.7. The molecule has 20 heavy (non-hydrogen) atoms. The van der Waals surface area contributed by atoms with Crippen LogP contribution in [-0.2, 0) is 6.42 Å². The summed E-state index contributed by atoms with van der Waals surface area (Å²) in [6.45, 7) is 2.26. The van der Waals surface area contributed by atoms with Crippen molar-refractivity contribution in [3.8, 4) is 5.75 Å². The molecular weight excluding hydrogens is 336 g/mol. The average molecular weight is 353 g/mol. The van der Waals surface area contributed by atoms with Gasteiger partial charge in [-0.15, -0.1) is 11.3 Å². The van der Waals surface area contributed by atoms with Crippen molar-refractivity contribution in [3.05, 3.63) is 50.6 Å². The van der Waals surface area contributed by atoms with Crippen LogP contribution in [0.4, 0.5) is 0 Å². The highest BCUT2D eigenvalue weighted by molar-refractivity contribution is 9.10. The van der Waals surface area contributed by atoms with Gasteiger partial charge in [0, 0.05) is 4.47 Å². The summed E-state index contributed by atoms with van der Waals surface area (Å²) in [5.74, 6) is 0.744. The number of hydrogen-bond acceptors (Lipinski definition) is 3. The van der Waals surface area contributed by atoms with Gasteiger partial charge in [0.25, 0.3) is 0 Å². The molecule has 1 aromatic heterocycles. The number of Topliss-reactive ketones (excluding diaryl/α,β-unsaturated/α-hetero) is 1. The zero-order valence-electron chi connectivity index (χ0n) is 11.4. The number of ketones is 1. The third kappa shape index (κ3) is 4.18. The molecule has 0 radical (unpaired) electrons. The monoisotopic (exact) mass is 352 g/mol. The topological polar surface area (TPSA) is 26.3 Å². The van der Waals surface area contributed by atoms with Crippen LogP contribution in [-0.4, -0.2) is 12.4 Å². The van der Waals surface area contributed by atoms with E-state index in [1.807, 2.05) is 23.6 Å². The van der Waals surface area contributed by atoms with Crippen LogP contribution in [0.2, 0.25) is 0 Å². The average Bonchev–Trinajstić information content (AvgIpc) is 2.90. The van der Waals surface area contributed by atoms with Gasteiger partial charge in [-0.2, -0.15) is 0 Å². The molecule has 0 fully saturated rings. The number of aryl methyl sites for hydroxylation is 1. The molecular formula is C16H17BrO2S. The molecule has 0 aliphatic rings. The number of rotatable bonds is 7. The fourth-order valence-corrected chi connectivity index (χ4v) is 3.36. The molecule has 106 valence electrons. The van der Waals surface area contributed by atoms with Crippen molar-refractivity contribution in [1.82, 2.24) is 0 Å². The third-order valence-electron chi connectivity index (χ3n) is 2.98. The standard InChI is InChI=1S/C16H17BrO2S/c1-2-3-4-12-5-7-13(8-6-12)19-11-15(18)16-14(17)9-10-20-16/h5-10H,2-4,11H2,1H3. The number of carbonyl (C=O) groups excluding carboxylic acids is 1. The summed E-state index contributed by atoms with van der Waals surface area (Å²) in [5.41, 5.74) is 1.31. The van der Waals surface area contributed by atoms with E-state index >= 15 is 0 Å². The van der Waals surface area contributed by atoms with Gasteiger partial charge < -0.3 is 4.74 Å². The molecule has 0 saturated heterocycles. The van der Waals surface area contributed by atoms with E-state index in [4.69, 9.17) is 4.74 Å². The fraction of sp³-hybridized carbons (Fsp3) is 0.312. The Hall–Kier alpha value is -1.13. The van der Waals surface area contributed by atoms with Crippen LogP contribution >= 0.6 is 27.3 Å². The molecule has 0 bridgehead atoms. The molecule has 0 amide bonds. The molecule has 1 aromatic carbocycles. The number of carbonyl (C=O) groups is 1. The Morgan fingerprint density at radius 1 is 1.25 bits per heavy atom. The highest BCUT2D eigenvalue weighted by Crippen LogP contribution is 2.23. The zero-order valence-corrected chi connectivity index (χ0v) is 13.8. The molecule has 4 heteroatoms. The van der Waals surface area contributed by atoms with E-state index in [1.165, 1.54) is 29.7 Å². The minimum absolute atomic E-state index is 0.00179. The molecule has 2 rings (SSSR count). The van der Waals surface area contributed by atoms with Gasteiger partial charge in [0.05, 0.1) is 4.88 Å². The number of halogens is 1. The first-order valence-electron chi connectivity index (χ1n) is 6.68. The first-order chi connectivity index (χ1) is 9.70. The Kier molecular flexibility index (Phi) is 5.80. The molecule has 0 aliphatic heterocycles. The zero-order chi connectivity index (χ0) is 14.4. The van der Waals surface area contributed by atoms with Crippen LogP contribution in [0.15, 0.2) is 40.2 Å². The van der Waals surface area contributed by atoms with Gasteiger partial charge in [-0.1, -0.05) is 25.5 Å². The molecule has 0 aliphatic carbocycles. The minimum atomic E-state index is 0.00179. The van der Waals surface area contributed by atoms with Gasteiger partial charge in [-0.3, -0.25) is 4.79 Å². The number of ether oxygens (including phenoxy) is 1. The normalized spacial score (nSPS) is 10.5. The van der Waals surface area contributed by atoms with Crippen LogP contribution in [0.25, 0.3) is 0 Å². The van der Waals surface area contributed by atoms with Crippen LogP contribution in [0, 0.1) is 0 Å². The minimum Gasteiger partial charge on any atom is -0.485 e. The first-order valence-corrected chi connectivity index (χ1v) is 8.36. The molecule has 0 N–H and O–H groups in total. The van der Waals surface area contributed by atoms with Crippen molar-refractivity contribution in [2.75, 3.05) is 6.61 Å². The quantitative estimate of drug-likeness (QED) is 0.646. The Morgan fingerprint density at radius 2 is 2.00 bits per heavy atom. The van der Waals surface area contributed by atoms with Gasteiger partial charge in [-0.05, 0) is 57.9 Å². The van der Waals surface area contributed by atoms with Gasteiger partial charge in [-0.25, -0.2) is 0 Å². The molecule has 0 atom stereocenters. The summed E-state index contributed by atoms with van der Waals surface area (Å²) in [6, 6.07) is 9.87. The Balaban J connectivity index is 1.88. The van der Waals surface area contributed by atoms with Gasteiger partial charge in [0.2, 0.25) is 5.78 Å². The van der Waals surface area contributed by atoms with Crippen molar-refractivity contribution in [2.24, 2.45) is 0 Å².